The number of thiocarbonyl (C=S) groups is 1. The van der Waals surface area contributed by atoms with E-state index in [1.807, 2.05) is 13.8 Å². The predicted octanol–water partition coefficient (Wildman–Crippen LogP) is -0.219. The van der Waals surface area contributed by atoms with Crippen molar-refractivity contribution in [2.45, 2.75) is 24.4 Å². The molecule has 2 rings (SSSR count). The first-order chi connectivity index (χ1) is 9.26. The fourth-order valence-electron chi connectivity index (χ4n) is 2.17. The summed E-state index contributed by atoms with van der Waals surface area (Å²) < 4.78 is 26.1. The molecule has 1 saturated heterocycles. The highest BCUT2D eigenvalue weighted by Gasteiger charge is 2.36. The van der Waals surface area contributed by atoms with E-state index < -0.39 is 15.6 Å². The molecular formula is C11H19N5O2S2. The number of hydrogen-bond donors (Lipinski definition) is 2. The first kappa shape index (κ1) is 15.4. The van der Waals surface area contributed by atoms with Crippen LogP contribution < -0.4 is 5.73 Å². The van der Waals surface area contributed by atoms with Crippen LogP contribution >= 0.6 is 12.2 Å². The molecule has 0 bridgehead atoms. The molecule has 20 heavy (non-hydrogen) atoms. The van der Waals surface area contributed by atoms with E-state index >= 15 is 0 Å². The van der Waals surface area contributed by atoms with Crippen LogP contribution in [0, 0.1) is 0 Å². The van der Waals surface area contributed by atoms with Gasteiger partial charge in [-0.05, 0) is 19.9 Å². The van der Waals surface area contributed by atoms with Crippen LogP contribution in [0.5, 0.6) is 0 Å². The number of piperazine rings is 1. The smallest absolute Gasteiger partial charge is 0.260 e. The number of rotatable bonds is 4. The fraction of sp³-hybridized carbons (Fsp3) is 0.636. The SMILES string of the molecule is CC(C)(C(N)=S)N1CCN(S(=O)(=O)c2ccn[nH]2)CC1. The highest BCUT2D eigenvalue weighted by molar-refractivity contribution is 7.89. The lowest BCUT2D eigenvalue weighted by atomic mass is 10.0. The standard InChI is InChI=1S/C11H19N5O2S2/c1-11(2,10(12)19)15-5-7-16(8-6-15)20(17,18)9-3-4-13-14-9/h3-4H,5-8H2,1-2H3,(H2,12,19)(H,13,14). The van der Waals surface area contributed by atoms with E-state index in [0.717, 1.165) is 0 Å². The maximum absolute atomic E-state index is 12.3. The highest BCUT2D eigenvalue weighted by atomic mass is 32.2. The number of aromatic nitrogens is 2. The molecule has 1 aromatic rings. The van der Waals surface area contributed by atoms with Gasteiger partial charge in [0.1, 0.15) is 0 Å². The second-order valence-electron chi connectivity index (χ2n) is 5.24. The van der Waals surface area contributed by atoms with Crippen molar-refractivity contribution in [2.75, 3.05) is 26.2 Å². The summed E-state index contributed by atoms with van der Waals surface area (Å²) in [6, 6.07) is 1.46. The van der Waals surface area contributed by atoms with Crippen LogP contribution in [0.25, 0.3) is 0 Å². The van der Waals surface area contributed by atoms with Gasteiger partial charge >= 0.3 is 0 Å². The van der Waals surface area contributed by atoms with Gasteiger partial charge in [0.25, 0.3) is 10.0 Å². The second-order valence-corrected chi connectivity index (χ2v) is 7.58. The molecular weight excluding hydrogens is 298 g/mol. The summed E-state index contributed by atoms with van der Waals surface area (Å²) >= 11 is 5.07. The molecule has 0 saturated carbocycles. The van der Waals surface area contributed by atoms with Crippen molar-refractivity contribution in [2.24, 2.45) is 5.73 Å². The van der Waals surface area contributed by atoms with Crippen molar-refractivity contribution >= 4 is 27.2 Å². The van der Waals surface area contributed by atoms with Gasteiger partial charge in [0.2, 0.25) is 0 Å². The molecule has 0 radical (unpaired) electrons. The van der Waals surface area contributed by atoms with Gasteiger partial charge in [0, 0.05) is 26.2 Å². The van der Waals surface area contributed by atoms with Crippen molar-refractivity contribution in [1.29, 1.82) is 0 Å². The van der Waals surface area contributed by atoms with Crippen molar-refractivity contribution < 1.29 is 8.42 Å². The number of nitrogens with zero attached hydrogens (tertiary/aromatic N) is 3. The number of nitrogens with one attached hydrogen (secondary N) is 1. The molecule has 2 heterocycles. The Labute approximate surface area is 124 Å². The van der Waals surface area contributed by atoms with Crippen LogP contribution in [-0.4, -0.2) is 64.5 Å². The van der Waals surface area contributed by atoms with Gasteiger partial charge in [-0.25, -0.2) is 8.42 Å². The molecule has 3 N–H and O–H groups in total. The Balaban J connectivity index is 2.07. The molecule has 1 aromatic heterocycles. The molecule has 1 fully saturated rings. The third kappa shape index (κ3) is 2.71. The number of nitrogens with two attached hydrogens (primary N) is 1. The Hall–Kier alpha value is -1.03. The van der Waals surface area contributed by atoms with Crippen LogP contribution in [0.2, 0.25) is 0 Å². The average molecular weight is 317 g/mol. The largest absolute Gasteiger partial charge is 0.392 e. The average Bonchev–Trinajstić information content (AvgIpc) is 2.93. The number of H-pyrrole nitrogens is 1. The lowest BCUT2D eigenvalue weighted by Gasteiger charge is -2.42. The maximum atomic E-state index is 12.3. The molecule has 1 aliphatic heterocycles. The minimum absolute atomic E-state index is 0.125. The zero-order valence-corrected chi connectivity index (χ0v) is 13.2. The summed E-state index contributed by atoms with van der Waals surface area (Å²) in [5, 5.41) is 6.31. The second kappa shape index (κ2) is 5.40. The normalized spacial score (nSPS) is 19.1. The Kier molecular flexibility index (Phi) is 4.14. The van der Waals surface area contributed by atoms with Gasteiger partial charge in [0.05, 0.1) is 16.7 Å². The molecule has 9 heteroatoms. The van der Waals surface area contributed by atoms with Crippen LogP contribution in [0.4, 0.5) is 0 Å². The molecule has 0 aromatic carbocycles. The zero-order chi connectivity index (χ0) is 15.0. The van der Waals surface area contributed by atoms with Gasteiger partial charge in [-0.15, -0.1) is 0 Å². The molecule has 112 valence electrons. The lowest BCUT2D eigenvalue weighted by Crippen LogP contribution is -2.59. The van der Waals surface area contributed by atoms with Crippen LogP contribution in [0.1, 0.15) is 13.8 Å². The third-order valence-electron chi connectivity index (χ3n) is 3.73. The Morgan fingerprint density at radius 3 is 2.45 bits per heavy atom. The lowest BCUT2D eigenvalue weighted by molar-refractivity contribution is 0.123. The molecule has 0 amide bonds. The monoisotopic (exact) mass is 317 g/mol. The van der Waals surface area contributed by atoms with Crippen molar-refractivity contribution in [3.8, 4) is 0 Å². The van der Waals surface area contributed by atoms with E-state index in [4.69, 9.17) is 18.0 Å². The third-order valence-corrected chi connectivity index (χ3v) is 6.05. The minimum atomic E-state index is -3.48. The predicted molar refractivity (Wildman–Crippen MR) is 79.8 cm³/mol. The molecule has 0 spiro atoms. The van der Waals surface area contributed by atoms with E-state index in [9.17, 15) is 8.42 Å². The van der Waals surface area contributed by atoms with Crippen molar-refractivity contribution in [3.63, 3.8) is 0 Å². The number of hydrogen-bond acceptors (Lipinski definition) is 5. The zero-order valence-electron chi connectivity index (χ0n) is 11.5. The molecule has 1 aliphatic rings. The summed E-state index contributed by atoms with van der Waals surface area (Å²) in [6.45, 7) is 5.92. The molecule has 0 unspecified atom stereocenters. The van der Waals surface area contributed by atoms with Crippen LogP contribution in [0.15, 0.2) is 17.3 Å². The number of aromatic amines is 1. The van der Waals surface area contributed by atoms with Gasteiger partial charge < -0.3 is 5.73 Å². The van der Waals surface area contributed by atoms with Crippen molar-refractivity contribution in [1.82, 2.24) is 19.4 Å². The van der Waals surface area contributed by atoms with Crippen LogP contribution in [0.3, 0.4) is 0 Å². The molecule has 0 aliphatic carbocycles. The fourth-order valence-corrected chi connectivity index (χ4v) is 3.62. The van der Waals surface area contributed by atoms with E-state index in [2.05, 4.69) is 15.1 Å². The van der Waals surface area contributed by atoms with Gasteiger partial charge in [-0.2, -0.15) is 9.40 Å². The van der Waals surface area contributed by atoms with E-state index in [-0.39, 0.29) is 5.03 Å². The minimum Gasteiger partial charge on any atom is -0.392 e. The Morgan fingerprint density at radius 1 is 1.40 bits per heavy atom. The van der Waals surface area contributed by atoms with E-state index in [0.29, 0.717) is 31.2 Å². The summed E-state index contributed by atoms with van der Waals surface area (Å²) in [5.41, 5.74) is 5.34. The summed E-state index contributed by atoms with van der Waals surface area (Å²) in [4.78, 5) is 2.52. The molecule has 7 nitrogen and oxygen atoms in total. The topological polar surface area (TPSA) is 95.3 Å². The summed E-state index contributed by atoms with van der Waals surface area (Å²) in [6.07, 6.45) is 1.43. The first-order valence-corrected chi connectivity index (χ1v) is 8.15. The quantitative estimate of drug-likeness (QED) is 0.746. The summed E-state index contributed by atoms with van der Waals surface area (Å²) in [5.74, 6) is 0. The van der Waals surface area contributed by atoms with Crippen LogP contribution in [-0.2, 0) is 10.0 Å². The van der Waals surface area contributed by atoms with Gasteiger partial charge in [-0.3, -0.25) is 10.00 Å². The Bertz CT molecular complexity index is 574. The van der Waals surface area contributed by atoms with E-state index in [1.54, 1.807) is 0 Å². The Morgan fingerprint density at radius 2 is 2.00 bits per heavy atom. The maximum Gasteiger partial charge on any atom is 0.260 e. The molecule has 0 atom stereocenters. The first-order valence-electron chi connectivity index (χ1n) is 6.31. The van der Waals surface area contributed by atoms with Gasteiger partial charge in [0.15, 0.2) is 5.03 Å². The van der Waals surface area contributed by atoms with Crippen molar-refractivity contribution in [3.05, 3.63) is 12.3 Å². The highest BCUT2D eigenvalue weighted by Crippen LogP contribution is 2.20. The summed E-state index contributed by atoms with van der Waals surface area (Å²) in [7, 11) is -3.48. The number of sulfonamides is 1. The van der Waals surface area contributed by atoms with Gasteiger partial charge in [-0.1, -0.05) is 12.2 Å². The van der Waals surface area contributed by atoms with E-state index in [1.165, 1.54) is 16.6 Å².